The fourth-order valence-corrected chi connectivity index (χ4v) is 2.55. The van der Waals surface area contributed by atoms with Crippen molar-refractivity contribution in [2.24, 2.45) is 0 Å². The van der Waals surface area contributed by atoms with Gasteiger partial charge in [0.15, 0.2) is 5.58 Å². The van der Waals surface area contributed by atoms with Crippen molar-refractivity contribution < 1.29 is 14.1 Å². The van der Waals surface area contributed by atoms with Crippen LogP contribution in [0.15, 0.2) is 30.4 Å². The van der Waals surface area contributed by atoms with E-state index >= 15 is 0 Å². The molecule has 0 N–H and O–H groups in total. The van der Waals surface area contributed by atoms with Crippen molar-refractivity contribution in [3.63, 3.8) is 0 Å². The van der Waals surface area contributed by atoms with Gasteiger partial charge in [0.1, 0.15) is 0 Å². The van der Waals surface area contributed by atoms with Gasteiger partial charge in [-0.1, -0.05) is 20.7 Å². The third-order valence-corrected chi connectivity index (χ3v) is 2.99. The number of fused-ring (bicyclic) bond motifs is 1. The SMILES string of the molecule is COC(=O)n1oc2c(Br)cc(Br)cc2c1=O. The van der Waals surface area contributed by atoms with Gasteiger partial charge in [0.25, 0.3) is 0 Å². The maximum Gasteiger partial charge on any atom is 0.450 e. The van der Waals surface area contributed by atoms with Crippen LogP contribution in [0.2, 0.25) is 0 Å². The first-order valence-electron chi connectivity index (χ1n) is 4.14. The van der Waals surface area contributed by atoms with Crippen LogP contribution in [0.1, 0.15) is 0 Å². The summed E-state index contributed by atoms with van der Waals surface area (Å²) in [5, 5.41) is 0.298. The lowest BCUT2D eigenvalue weighted by molar-refractivity contribution is 0.143. The molecule has 0 aliphatic heterocycles. The maximum absolute atomic E-state index is 11.8. The molecule has 5 nitrogen and oxygen atoms in total. The third kappa shape index (κ3) is 1.69. The number of ether oxygens (including phenoxy) is 1. The predicted molar refractivity (Wildman–Crippen MR) is 63.7 cm³/mol. The number of benzene rings is 1. The first-order chi connectivity index (χ1) is 7.54. The van der Waals surface area contributed by atoms with Crippen LogP contribution in [0, 0.1) is 0 Å². The molecule has 1 aromatic heterocycles. The average Bonchev–Trinajstić information content (AvgIpc) is 2.56. The summed E-state index contributed by atoms with van der Waals surface area (Å²) in [5.41, 5.74) is -0.248. The van der Waals surface area contributed by atoms with E-state index in [2.05, 4.69) is 36.6 Å². The topological polar surface area (TPSA) is 61.4 Å². The average molecular weight is 351 g/mol. The molecule has 0 spiro atoms. The molecule has 0 radical (unpaired) electrons. The van der Waals surface area contributed by atoms with Gasteiger partial charge in [-0.25, -0.2) is 4.79 Å². The minimum absolute atomic E-state index is 0.298. The van der Waals surface area contributed by atoms with E-state index in [1.807, 2.05) is 0 Å². The summed E-state index contributed by atoms with van der Waals surface area (Å²) in [6, 6.07) is 3.29. The van der Waals surface area contributed by atoms with Gasteiger partial charge in [0.05, 0.1) is 17.0 Å². The zero-order valence-electron chi connectivity index (χ0n) is 7.99. The van der Waals surface area contributed by atoms with Crippen molar-refractivity contribution in [1.82, 2.24) is 4.74 Å². The molecule has 0 fully saturated rings. The van der Waals surface area contributed by atoms with Crippen LogP contribution in [0.4, 0.5) is 4.79 Å². The van der Waals surface area contributed by atoms with E-state index < -0.39 is 11.7 Å². The summed E-state index contributed by atoms with van der Waals surface area (Å²) < 4.78 is 11.4. The Morgan fingerprint density at radius 2 is 2.12 bits per heavy atom. The lowest BCUT2D eigenvalue weighted by Crippen LogP contribution is -2.22. The normalized spacial score (nSPS) is 10.7. The quantitative estimate of drug-likeness (QED) is 0.733. The Hall–Kier alpha value is -1.08. The highest BCUT2D eigenvalue weighted by molar-refractivity contribution is 9.11. The van der Waals surface area contributed by atoms with Gasteiger partial charge >= 0.3 is 11.7 Å². The molecule has 0 amide bonds. The van der Waals surface area contributed by atoms with E-state index in [9.17, 15) is 9.59 Å². The van der Waals surface area contributed by atoms with Crippen LogP contribution >= 0.6 is 31.9 Å². The molecule has 0 atom stereocenters. The van der Waals surface area contributed by atoms with Crippen LogP contribution < -0.4 is 5.56 Å². The number of aromatic nitrogens is 1. The molecule has 0 bridgehead atoms. The van der Waals surface area contributed by atoms with E-state index in [-0.39, 0.29) is 0 Å². The number of nitrogens with zero attached hydrogens (tertiary/aromatic N) is 1. The Bertz CT molecular complexity index is 628. The summed E-state index contributed by atoms with van der Waals surface area (Å²) in [7, 11) is 1.17. The second-order valence-corrected chi connectivity index (χ2v) is 4.70. The third-order valence-electron chi connectivity index (χ3n) is 1.95. The number of carbonyl (C=O) groups excluding carboxylic acids is 1. The van der Waals surface area contributed by atoms with E-state index in [0.717, 1.165) is 0 Å². The zero-order chi connectivity index (χ0) is 11.9. The first kappa shape index (κ1) is 11.4. The Labute approximate surface area is 106 Å². The maximum atomic E-state index is 11.8. The van der Waals surface area contributed by atoms with Crippen molar-refractivity contribution >= 4 is 48.9 Å². The molecular weight excluding hydrogens is 346 g/mol. The second kappa shape index (κ2) is 4.06. The van der Waals surface area contributed by atoms with Crippen molar-refractivity contribution in [1.29, 1.82) is 0 Å². The summed E-state index contributed by atoms with van der Waals surface area (Å²) in [5.74, 6) is 0. The monoisotopic (exact) mass is 349 g/mol. The molecular formula is C9H5Br2NO4. The highest BCUT2D eigenvalue weighted by atomic mass is 79.9. The number of rotatable bonds is 0. The van der Waals surface area contributed by atoms with E-state index in [4.69, 9.17) is 4.52 Å². The number of methoxy groups -OCH3 is 1. The molecule has 84 valence electrons. The minimum Gasteiger partial charge on any atom is -0.450 e. The van der Waals surface area contributed by atoms with Gasteiger partial charge in [0, 0.05) is 4.47 Å². The molecule has 0 saturated heterocycles. The van der Waals surface area contributed by atoms with Gasteiger partial charge in [-0.2, -0.15) is 0 Å². The molecule has 0 aliphatic rings. The molecule has 1 heterocycles. The van der Waals surface area contributed by atoms with Crippen LogP contribution in [0.5, 0.6) is 0 Å². The van der Waals surface area contributed by atoms with Crippen molar-refractivity contribution in [2.45, 2.75) is 0 Å². The molecule has 0 unspecified atom stereocenters. The van der Waals surface area contributed by atoms with E-state index in [0.29, 0.717) is 24.7 Å². The van der Waals surface area contributed by atoms with Gasteiger partial charge in [0.2, 0.25) is 0 Å². The Balaban J connectivity index is 2.83. The van der Waals surface area contributed by atoms with Crippen molar-refractivity contribution in [3.05, 3.63) is 31.4 Å². The van der Waals surface area contributed by atoms with Gasteiger partial charge in [-0.15, -0.1) is 0 Å². The van der Waals surface area contributed by atoms with Crippen molar-refractivity contribution in [2.75, 3.05) is 7.11 Å². The summed E-state index contributed by atoms with van der Waals surface area (Å²) in [6.07, 6.45) is -0.857. The van der Waals surface area contributed by atoms with Crippen molar-refractivity contribution in [3.8, 4) is 0 Å². The predicted octanol–water partition coefficient (Wildman–Crippen LogP) is 2.73. The molecule has 7 heteroatoms. The lowest BCUT2D eigenvalue weighted by atomic mass is 10.3. The van der Waals surface area contributed by atoms with Gasteiger partial charge < -0.3 is 9.26 Å². The van der Waals surface area contributed by atoms with Crippen LogP contribution in [0.25, 0.3) is 11.0 Å². The number of hydrogen-bond acceptors (Lipinski definition) is 4. The largest absolute Gasteiger partial charge is 0.450 e. The van der Waals surface area contributed by atoms with Crippen LogP contribution in [0.3, 0.4) is 0 Å². The molecule has 1 aromatic carbocycles. The minimum atomic E-state index is -0.857. The number of halogens is 2. The summed E-state index contributed by atoms with van der Waals surface area (Å²) in [6.45, 7) is 0. The fourth-order valence-electron chi connectivity index (χ4n) is 1.26. The smallest absolute Gasteiger partial charge is 0.450 e. The highest BCUT2D eigenvalue weighted by Crippen LogP contribution is 2.26. The second-order valence-electron chi connectivity index (χ2n) is 2.93. The Morgan fingerprint density at radius 3 is 2.75 bits per heavy atom. The fraction of sp³-hybridized carbons (Fsp3) is 0.111. The Morgan fingerprint density at radius 1 is 1.44 bits per heavy atom. The zero-order valence-corrected chi connectivity index (χ0v) is 11.2. The van der Waals surface area contributed by atoms with Crippen LogP contribution in [-0.2, 0) is 4.74 Å². The van der Waals surface area contributed by atoms with Gasteiger partial charge in [-0.05, 0) is 28.1 Å². The van der Waals surface area contributed by atoms with E-state index in [1.54, 1.807) is 12.1 Å². The van der Waals surface area contributed by atoms with Gasteiger partial charge in [-0.3, -0.25) is 4.79 Å². The summed E-state index contributed by atoms with van der Waals surface area (Å²) in [4.78, 5) is 23.0. The van der Waals surface area contributed by atoms with E-state index in [1.165, 1.54) is 7.11 Å². The number of hydrogen-bond donors (Lipinski definition) is 0. The molecule has 0 aliphatic carbocycles. The molecule has 2 rings (SSSR count). The van der Waals surface area contributed by atoms with Crippen LogP contribution in [-0.4, -0.2) is 17.9 Å². The Kier molecular flexibility index (Phi) is 2.90. The lowest BCUT2D eigenvalue weighted by Gasteiger charge is -1.94. The highest BCUT2D eigenvalue weighted by Gasteiger charge is 2.18. The standard InChI is InChI=1S/C9H5Br2NO4/c1-15-9(14)12-8(13)5-2-4(10)3-6(11)7(5)16-12/h2-3H,1H3. The molecule has 2 aromatic rings. The molecule has 0 saturated carbocycles. The number of carbonyl (C=O) groups is 1. The summed E-state index contributed by atoms with van der Waals surface area (Å²) >= 11 is 6.48. The first-order valence-corrected chi connectivity index (χ1v) is 5.72. The molecule has 16 heavy (non-hydrogen) atoms.